The van der Waals surface area contributed by atoms with Crippen molar-refractivity contribution < 1.29 is 24.2 Å². The summed E-state index contributed by atoms with van der Waals surface area (Å²) in [5, 5.41) is 12.5. The zero-order valence-corrected chi connectivity index (χ0v) is 14.1. The van der Waals surface area contributed by atoms with Gasteiger partial charge in [0.25, 0.3) is 5.91 Å². The number of aliphatic hydroxyl groups is 1. The number of rotatable bonds is 5. The number of esters is 2. The fourth-order valence-electron chi connectivity index (χ4n) is 3.38. The average molecular weight is 346 g/mol. The maximum absolute atomic E-state index is 12.6. The van der Waals surface area contributed by atoms with Crippen LogP contribution in [0.1, 0.15) is 35.7 Å². The summed E-state index contributed by atoms with van der Waals surface area (Å²) in [6, 6.07) is 5.63. The summed E-state index contributed by atoms with van der Waals surface area (Å²) in [6.07, 6.45) is 1.48. The van der Waals surface area contributed by atoms with Crippen LogP contribution >= 0.6 is 0 Å². The van der Waals surface area contributed by atoms with Gasteiger partial charge in [-0.05, 0) is 31.0 Å². The second kappa shape index (κ2) is 7.33. The summed E-state index contributed by atoms with van der Waals surface area (Å²) in [7, 11) is 0. The first kappa shape index (κ1) is 17.6. The van der Waals surface area contributed by atoms with Crippen LogP contribution in [0.25, 0.3) is 0 Å². The van der Waals surface area contributed by atoms with Gasteiger partial charge in [-0.15, -0.1) is 0 Å². The molecule has 1 aromatic carbocycles. The molecule has 0 bridgehead atoms. The van der Waals surface area contributed by atoms with E-state index in [0.29, 0.717) is 18.5 Å². The van der Waals surface area contributed by atoms with Crippen molar-refractivity contribution in [1.29, 1.82) is 0 Å². The van der Waals surface area contributed by atoms with Crippen LogP contribution in [0.2, 0.25) is 0 Å². The van der Waals surface area contributed by atoms with Crippen LogP contribution in [-0.2, 0) is 20.9 Å². The molecular weight excluding hydrogens is 324 g/mol. The second-order valence-corrected chi connectivity index (χ2v) is 6.58. The van der Waals surface area contributed by atoms with Gasteiger partial charge in [-0.2, -0.15) is 0 Å². The van der Waals surface area contributed by atoms with E-state index in [4.69, 9.17) is 4.74 Å². The van der Waals surface area contributed by atoms with Crippen molar-refractivity contribution in [3.05, 3.63) is 35.4 Å². The molecule has 7 nitrogen and oxygen atoms in total. The lowest BCUT2D eigenvalue weighted by Gasteiger charge is -2.29. The van der Waals surface area contributed by atoms with Crippen molar-refractivity contribution in [2.45, 2.75) is 38.4 Å². The highest BCUT2D eigenvalue weighted by Gasteiger charge is 2.41. The predicted octanol–water partition coefficient (Wildman–Crippen LogP) is 0.461. The number of fused-ring (bicyclic) bond motifs is 1. The number of carbonyl (C=O) groups excluding carboxylic acids is 3. The van der Waals surface area contributed by atoms with Crippen LogP contribution in [0, 0.1) is 5.92 Å². The summed E-state index contributed by atoms with van der Waals surface area (Å²) < 4.78 is 5.03. The van der Waals surface area contributed by atoms with Crippen molar-refractivity contribution in [3.63, 3.8) is 0 Å². The minimum absolute atomic E-state index is 0.259. The molecule has 1 saturated heterocycles. The molecule has 7 heteroatoms. The predicted molar refractivity (Wildman–Crippen MR) is 88.5 cm³/mol. The quantitative estimate of drug-likeness (QED) is 0.594. The number of carbonyl (C=O) groups is 3. The molecule has 2 unspecified atom stereocenters. The molecule has 1 fully saturated rings. The summed E-state index contributed by atoms with van der Waals surface area (Å²) >= 11 is 0. The number of hydrogen-bond donors (Lipinski definition) is 2. The molecular formula is C18H22N2O5. The average Bonchev–Trinajstić information content (AvgIpc) is 3.24. The Balaban J connectivity index is 1.77. The molecule has 0 spiro atoms. The molecule has 134 valence electrons. The van der Waals surface area contributed by atoms with Crippen LogP contribution < -0.4 is 5.32 Å². The number of benzene rings is 1. The lowest BCUT2D eigenvalue weighted by Crippen LogP contribution is -2.49. The SMILES string of the molecule is CC(CO)[C@@H](C(=O)OC(=O)C1CCCN1)N1Cc2ccccc2C1=O. The molecule has 3 rings (SSSR count). The minimum atomic E-state index is -1.00. The van der Waals surface area contributed by atoms with E-state index in [1.165, 1.54) is 4.90 Å². The Kier molecular flexibility index (Phi) is 5.15. The molecule has 0 radical (unpaired) electrons. The van der Waals surface area contributed by atoms with Crippen molar-refractivity contribution in [1.82, 2.24) is 10.2 Å². The van der Waals surface area contributed by atoms with E-state index in [1.807, 2.05) is 12.1 Å². The van der Waals surface area contributed by atoms with Gasteiger partial charge < -0.3 is 20.1 Å². The Hall–Kier alpha value is -2.25. The van der Waals surface area contributed by atoms with Gasteiger partial charge in [0.1, 0.15) is 12.1 Å². The third kappa shape index (κ3) is 3.43. The van der Waals surface area contributed by atoms with E-state index in [1.54, 1.807) is 19.1 Å². The Morgan fingerprint density at radius 1 is 1.40 bits per heavy atom. The molecule has 1 aromatic rings. The largest absolute Gasteiger partial charge is 0.396 e. The Labute approximate surface area is 146 Å². The van der Waals surface area contributed by atoms with Gasteiger partial charge >= 0.3 is 11.9 Å². The Morgan fingerprint density at radius 2 is 2.16 bits per heavy atom. The second-order valence-electron chi connectivity index (χ2n) is 6.58. The molecule has 2 N–H and O–H groups in total. The number of nitrogens with zero attached hydrogens (tertiary/aromatic N) is 1. The molecule has 2 aliphatic heterocycles. The van der Waals surface area contributed by atoms with Crippen LogP contribution in [0.3, 0.4) is 0 Å². The third-order valence-corrected chi connectivity index (χ3v) is 4.80. The van der Waals surface area contributed by atoms with E-state index in [-0.39, 0.29) is 19.1 Å². The number of ether oxygens (including phenoxy) is 1. The normalized spacial score (nSPS) is 21.8. The summed E-state index contributed by atoms with van der Waals surface area (Å²) in [5.41, 5.74) is 1.36. The summed E-state index contributed by atoms with van der Waals surface area (Å²) in [5.74, 6) is -2.25. The third-order valence-electron chi connectivity index (χ3n) is 4.80. The van der Waals surface area contributed by atoms with E-state index >= 15 is 0 Å². The van der Waals surface area contributed by atoms with Gasteiger partial charge in [-0.3, -0.25) is 4.79 Å². The van der Waals surface area contributed by atoms with Gasteiger partial charge in [-0.25, -0.2) is 9.59 Å². The topological polar surface area (TPSA) is 95.9 Å². The van der Waals surface area contributed by atoms with Crippen molar-refractivity contribution in [2.75, 3.05) is 13.2 Å². The summed E-state index contributed by atoms with van der Waals surface area (Å²) in [4.78, 5) is 38.8. The van der Waals surface area contributed by atoms with Gasteiger partial charge in [0.2, 0.25) is 0 Å². The fourth-order valence-corrected chi connectivity index (χ4v) is 3.38. The first-order valence-electron chi connectivity index (χ1n) is 8.51. The van der Waals surface area contributed by atoms with Gasteiger partial charge in [0.05, 0.1) is 0 Å². The first-order valence-corrected chi connectivity index (χ1v) is 8.51. The number of hydrogen-bond acceptors (Lipinski definition) is 6. The van der Waals surface area contributed by atoms with Crippen molar-refractivity contribution >= 4 is 17.8 Å². The van der Waals surface area contributed by atoms with Crippen molar-refractivity contribution in [3.8, 4) is 0 Å². The molecule has 0 aromatic heterocycles. The molecule has 0 saturated carbocycles. The van der Waals surface area contributed by atoms with Crippen LogP contribution in [0.15, 0.2) is 24.3 Å². The minimum Gasteiger partial charge on any atom is -0.396 e. The maximum Gasteiger partial charge on any atom is 0.336 e. The zero-order chi connectivity index (χ0) is 18.0. The number of aliphatic hydroxyl groups excluding tert-OH is 1. The van der Waals surface area contributed by atoms with Gasteiger partial charge in [-0.1, -0.05) is 25.1 Å². The highest BCUT2D eigenvalue weighted by atomic mass is 16.6. The monoisotopic (exact) mass is 346 g/mol. The lowest BCUT2D eigenvalue weighted by atomic mass is 10.0. The molecule has 3 atom stereocenters. The van der Waals surface area contributed by atoms with E-state index in [2.05, 4.69) is 5.32 Å². The molecule has 0 aliphatic carbocycles. The maximum atomic E-state index is 12.6. The summed E-state index contributed by atoms with van der Waals surface area (Å²) in [6.45, 7) is 2.33. The van der Waals surface area contributed by atoms with Gasteiger partial charge in [0, 0.05) is 24.6 Å². The highest BCUT2D eigenvalue weighted by molar-refractivity contribution is 6.01. The van der Waals surface area contributed by atoms with Crippen LogP contribution in [0.4, 0.5) is 0 Å². The Morgan fingerprint density at radius 3 is 2.80 bits per heavy atom. The molecule has 2 aliphatic rings. The molecule has 1 amide bonds. The van der Waals surface area contributed by atoms with Gasteiger partial charge in [0.15, 0.2) is 0 Å². The lowest BCUT2D eigenvalue weighted by molar-refractivity contribution is -0.165. The van der Waals surface area contributed by atoms with E-state index in [9.17, 15) is 19.5 Å². The first-order chi connectivity index (χ1) is 12.0. The van der Waals surface area contributed by atoms with Crippen LogP contribution in [-0.4, -0.2) is 53.1 Å². The molecule has 25 heavy (non-hydrogen) atoms. The number of nitrogens with one attached hydrogen (secondary N) is 1. The van der Waals surface area contributed by atoms with E-state index in [0.717, 1.165) is 12.0 Å². The van der Waals surface area contributed by atoms with E-state index < -0.39 is 29.9 Å². The zero-order valence-electron chi connectivity index (χ0n) is 14.1. The fraction of sp³-hybridized carbons (Fsp3) is 0.500. The highest BCUT2D eigenvalue weighted by Crippen LogP contribution is 2.27. The Bertz CT molecular complexity index is 684. The number of amides is 1. The molecule has 2 heterocycles. The smallest absolute Gasteiger partial charge is 0.336 e. The van der Waals surface area contributed by atoms with Crippen LogP contribution in [0.5, 0.6) is 0 Å². The standard InChI is InChI=1S/C18H22N2O5/c1-11(10-21)15(18(24)25-17(23)14-7-4-8-19-14)20-9-12-5-2-3-6-13(12)16(20)22/h2-3,5-6,11,14-15,19,21H,4,7-10H2,1H3/t11?,14?,15-/m0/s1. The van der Waals surface area contributed by atoms with Crippen molar-refractivity contribution in [2.24, 2.45) is 5.92 Å².